The second kappa shape index (κ2) is 8.10. The fraction of sp³-hybridized carbons (Fsp3) is 0.600. The van der Waals surface area contributed by atoms with Crippen molar-refractivity contribution in [3.63, 3.8) is 0 Å². The summed E-state index contributed by atoms with van der Waals surface area (Å²) in [5, 5.41) is 0. The van der Waals surface area contributed by atoms with Crippen molar-refractivity contribution in [2.45, 2.75) is 57.8 Å². The predicted octanol–water partition coefficient (Wildman–Crippen LogP) is 3.84. The lowest BCUT2D eigenvalue weighted by Gasteiger charge is -2.54. The molecule has 5 rings (SSSR count). The van der Waals surface area contributed by atoms with Gasteiger partial charge in [0.15, 0.2) is 0 Å². The number of nitrogens with zero attached hydrogens (tertiary/aromatic N) is 3. The highest BCUT2D eigenvalue weighted by molar-refractivity contribution is 5.76. The number of carbonyl (C=O) groups is 1. The Balaban J connectivity index is 1.24. The first-order chi connectivity index (χ1) is 15.4. The highest BCUT2D eigenvalue weighted by Gasteiger charge is 2.52. The monoisotopic (exact) mass is 439 g/mol. The second-order valence-corrected chi connectivity index (χ2v) is 10.1. The van der Waals surface area contributed by atoms with E-state index in [9.17, 15) is 4.79 Å². The van der Waals surface area contributed by atoms with Crippen LogP contribution in [0.4, 0.5) is 0 Å². The Morgan fingerprint density at radius 3 is 2.81 bits per heavy atom. The first kappa shape index (κ1) is 21.3. The molecule has 0 N–H and O–H groups in total. The third-order valence-electron chi connectivity index (χ3n) is 7.70. The van der Waals surface area contributed by atoms with Crippen LogP contribution in [0.1, 0.15) is 51.2 Å². The van der Waals surface area contributed by atoms with Crippen LogP contribution in [0, 0.1) is 11.3 Å². The third-order valence-corrected chi connectivity index (χ3v) is 7.70. The third kappa shape index (κ3) is 3.87. The molecule has 7 heteroatoms. The number of imidazole rings is 1. The number of benzene rings is 1. The van der Waals surface area contributed by atoms with E-state index >= 15 is 0 Å². The van der Waals surface area contributed by atoms with E-state index in [0.717, 1.165) is 56.0 Å². The summed E-state index contributed by atoms with van der Waals surface area (Å²) >= 11 is 0. The van der Waals surface area contributed by atoms with Crippen molar-refractivity contribution in [1.82, 2.24) is 14.5 Å². The molecule has 172 valence electrons. The lowest BCUT2D eigenvalue weighted by Crippen LogP contribution is -2.54. The van der Waals surface area contributed by atoms with Gasteiger partial charge in [0.2, 0.25) is 5.91 Å². The molecule has 2 fully saturated rings. The molecule has 7 nitrogen and oxygen atoms in total. The van der Waals surface area contributed by atoms with Crippen LogP contribution in [-0.4, -0.2) is 52.8 Å². The lowest BCUT2D eigenvalue weighted by atomic mass is 9.64. The molecule has 32 heavy (non-hydrogen) atoms. The fourth-order valence-electron chi connectivity index (χ4n) is 5.64. The molecular formula is C25H33N3O4. The maximum Gasteiger partial charge on any atom is 0.224 e. The largest absolute Gasteiger partial charge is 0.497 e. The Labute approximate surface area is 189 Å². The SMILES string of the molecule is COc1ccc2c(c1)OC(C)(C)[C@H]1CC3(CCN(C(=O)CCn4ccnc4)CC3)CO[C@H]21. The predicted molar refractivity (Wildman–Crippen MR) is 120 cm³/mol. The zero-order valence-electron chi connectivity index (χ0n) is 19.3. The van der Waals surface area contributed by atoms with Gasteiger partial charge in [0.25, 0.3) is 0 Å². The minimum Gasteiger partial charge on any atom is -0.497 e. The van der Waals surface area contributed by atoms with E-state index in [1.165, 1.54) is 0 Å². The number of methoxy groups -OCH3 is 1. The van der Waals surface area contributed by atoms with Crippen LogP contribution >= 0.6 is 0 Å². The van der Waals surface area contributed by atoms with Crippen molar-refractivity contribution in [2.24, 2.45) is 11.3 Å². The maximum absolute atomic E-state index is 12.7. The van der Waals surface area contributed by atoms with E-state index in [0.29, 0.717) is 13.0 Å². The summed E-state index contributed by atoms with van der Waals surface area (Å²) < 4.78 is 20.4. The number of hydrogen-bond donors (Lipinski definition) is 0. The molecule has 0 bridgehead atoms. The van der Waals surface area contributed by atoms with E-state index in [4.69, 9.17) is 14.2 Å². The van der Waals surface area contributed by atoms with Gasteiger partial charge in [0.1, 0.15) is 17.1 Å². The highest BCUT2D eigenvalue weighted by Crippen LogP contribution is 2.55. The summed E-state index contributed by atoms with van der Waals surface area (Å²) in [5.74, 6) is 2.17. The molecule has 0 radical (unpaired) electrons. The molecule has 0 unspecified atom stereocenters. The first-order valence-corrected chi connectivity index (χ1v) is 11.6. The Bertz CT molecular complexity index is 964. The van der Waals surface area contributed by atoms with Gasteiger partial charge in [0, 0.05) is 56.0 Å². The molecule has 2 aromatic rings. The van der Waals surface area contributed by atoms with Crippen molar-refractivity contribution in [3.05, 3.63) is 42.5 Å². The molecule has 3 aliphatic rings. The van der Waals surface area contributed by atoms with Gasteiger partial charge in [-0.25, -0.2) is 4.98 Å². The lowest BCUT2D eigenvalue weighted by molar-refractivity contribution is -0.176. The number of rotatable bonds is 4. The molecular weight excluding hydrogens is 406 g/mol. The molecule has 0 saturated carbocycles. The first-order valence-electron chi connectivity index (χ1n) is 11.6. The van der Waals surface area contributed by atoms with Crippen LogP contribution < -0.4 is 9.47 Å². The van der Waals surface area contributed by atoms with E-state index in [1.54, 1.807) is 19.6 Å². The number of aryl methyl sites for hydroxylation is 1. The molecule has 1 spiro atoms. The quantitative estimate of drug-likeness (QED) is 0.724. The normalized spacial score (nSPS) is 25.5. The summed E-state index contributed by atoms with van der Waals surface area (Å²) in [6, 6.07) is 6.04. The van der Waals surface area contributed by atoms with Crippen LogP contribution in [0.25, 0.3) is 0 Å². The molecule has 1 aromatic heterocycles. The van der Waals surface area contributed by atoms with Gasteiger partial charge >= 0.3 is 0 Å². The Kier molecular flexibility index (Phi) is 5.40. The van der Waals surface area contributed by atoms with Gasteiger partial charge in [-0.2, -0.15) is 0 Å². The Morgan fingerprint density at radius 1 is 1.28 bits per heavy atom. The number of hydrogen-bond acceptors (Lipinski definition) is 5. The molecule has 1 amide bonds. The Hall–Kier alpha value is -2.54. The average molecular weight is 440 g/mol. The summed E-state index contributed by atoms with van der Waals surface area (Å²) in [6.07, 6.45) is 9.00. The number of ether oxygens (including phenoxy) is 3. The maximum atomic E-state index is 12.7. The summed E-state index contributed by atoms with van der Waals surface area (Å²) in [4.78, 5) is 18.8. The van der Waals surface area contributed by atoms with Crippen LogP contribution in [0.15, 0.2) is 36.9 Å². The smallest absolute Gasteiger partial charge is 0.224 e. The standard InChI is InChI=1S/C25H33N3O4/c1-24(2)20-15-25(16-31-23(20)19-5-4-18(30-3)14-21(19)32-24)7-11-28(12-8-25)22(29)6-10-27-13-9-26-17-27/h4-5,9,13-14,17,20,23H,6-8,10-12,15-16H2,1-3H3/t20-,23+/m0/s1. The average Bonchev–Trinajstić information content (AvgIpc) is 3.31. The minimum absolute atomic E-state index is 0.0418. The summed E-state index contributed by atoms with van der Waals surface area (Å²) in [6.45, 7) is 7.38. The van der Waals surface area contributed by atoms with Crippen LogP contribution in [-0.2, 0) is 16.1 Å². The van der Waals surface area contributed by atoms with Crippen molar-refractivity contribution in [3.8, 4) is 11.5 Å². The Morgan fingerprint density at radius 2 is 2.09 bits per heavy atom. The van der Waals surface area contributed by atoms with Crippen LogP contribution in [0.3, 0.4) is 0 Å². The number of aromatic nitrogens is 2. The number of piperidine rings is 1. The molecule has 0 aliphatic carbocycles. The van der Waals surface area contributed by atoms with E-state index < -0.39 is 0 Å². The van der Waals surface area contributed by atoms with Gasteiger partial charge < -0.3 is 23.7 Å². The summed E-state index contributed by atoms with van der Waals surface area (Å²) in [7, 11) is 1.67. The van der Waals surface area contributed by atoms with E-state index in [-0.39, 0.29) is 28.9 Å². The number of likely N-dealkylation sites (tertiary alicyclic amines) is 1. The zero-order chi connectivity index (χ0) is 22.3. The van der Waals surface area contributed by atoms with Crippen molar-refractivity contribution < 1.29 is 19.0 Å². The molecule has 2 saturated heterocycles. The van der Waals surface area contributed by atoms with Crippen molar-refractivity contribution >= 4 is 5.91 Å². The van der Waals surface area contributed by atoms with Gasteiger partial charge in [-0.05, 0) is 50.7 Å². The number of carbonyl (C=O) groups excluding carboxylic acids is 1. The van der Waals surface area contributed by atoms with E-state index in [2.05, 4.69) is 24.9 Å². The molecule has 2 atom stereocenters. The molecule has 3 aliphatic heterocycles. The fourth-order valence-corrected chi connectivity index (χ4v) is 5.64. The summed E-state index contributed by atoms with van der Waals surface area (Å²) in [5.41, 5.74) is 0.916. The second-order valence-electron chi connectivity index (χ2n) is 10.1. The van der Waals surface area contributed by atoms with Crippen LogP contribution in [0.2, 0.25) is 0 Å². The van der Waals surface area contributed by atoms with Gasteiger partial charge in [0.05, 0.1) is 26.1 Å². The van der Waals surface area contributed by atoms with Crippen molar-refractivity contribution in [1.29, 1.82) is 0 Å². The van der Waals surface area contributed by atoms with Crippen LogP contribution in [0.5, 0.6) is 11.5 Å². The topological polar surface area (TPSA) is 65.8 Å². The van der Waals surface area contributed by atoms with Crippen molar-refractivity contribution in [2.75, 3.05) is 26.8 Å². The number of amides is 1. The zero-order valence-corrected chi connectivity index (χ0v) is 19.3. The molecule has 4 heterocycles. The van der Waals surface area contributed by atoms with E-state index in [1.807, 2.05) is 27.8 Å². The highest BCUT2D eigenvalue weighted by atomic mass is 16.5. The number of fused-ring (bicyclic) bond motifs is 3. The minimum atomic E-state index is -0.324. The van der Waals surface area contributed by atoms with Gasteiger partial charge in [-0.3, -0.25) is 4.79 Å². The van der Waals surface area contributed by atoms with Gasteiger partial charge in [-0.15, -0.1) is 0 Å². The molecule has 1 aromatic carbocycles. The van der Waals surface area contributed by atoms with Gasteiger partial charge in [-0.1, -0.05) is 0 Å².